The molecule has 1 N–H and O–H groups in total. The van der Waals surface area contributed by atoms with E-state index < -0.39 is 21.5 Å². The monoisotopic (exact) mass is 322 g/mol. The van der Waals surface area contributed by atoms with Gasteiger partial charge in [0.15, 0.2) is 0 Å². The standard InChI is InChI=1S/C15H30O5S/c1-3-4-5-6-7-8-9-10-11-12-13-15(20-14(2)16)21(17,18)19/h15H,3-13H2,1-2H3,(H,17,18,19). The summed E-state index contributed by atoms with van der Waals surface area (Å²) in [6, 6.07) is 0. The van der Waals surface area contributed by atoms with Crippen molar-refractivity contribution in [1.29, 1.82) is 0 Å². The van der Waals surface area contributed by atoms with E-state index in [9.17, 15) is 13.2 Å². The Hall–Kier alpha value is -0.620. The van der Waals surface area contributed by atoms with Gasteiger partial charge in [0.05, 0.1) is 0 Å². The fourth-order valence-corrected chi connectivity index (χ4v) is 2.97. The van der Waals surface area contributed by atoms with Crippen molar-refractivity contribution >= 4 is 16.1 Å². The lowest BCUT2D eigenvalue weighted by molar-refractivity contribution is -0.143. The predicted molar refractivity (Wildman–Crippen MR) is 83.6 cm³/mol. The molecule has 0 fully saturated rings. The Morgan fingerprint density at radius 2 is 1.38 bits per heavy atom. The van der Waals surface area contributed by atoms with Gasteiger partial charge in [0.1, 0.15) is 0 Å². The third-order valence-corrected chi connectivity index (χ3v) is 4.42. The molecule has 0 radical (unpaired) electrons. The summed E-state index contributed by atoms with van der Waals surface area (Å²) in [5.74, 6) is -0.690. The van der Waals surface area contributed by atoms with Crippen molar-refractivity contribution in [3.63, 3.8) is 0 Å². The molecule has 0 heterocycles. The Morgan fingerprint density at radius 1 is 0.952 bits per heavy atom. The molecule has 0 spiro atoms. The van der Waals surface area contributed by atoms with Crippen molar-refractivity contribution in [3.8, 4) is 0 Å². The maximum atomic E-state index is 11.0. The van der Waals surface area contributed by atoms with Crippen LogP contribution in [0, 0.1) is 0 Å². The van der Waals surface area contributed by atoms with Gasteiger partial charge in [0, 0.05) is 13.3 Å². The fourth-order valence-electron chi connectivity index (χ4n) is 2.25. The van der Waals surface area contributed by atoms with E-state index in [1.165, 1.54) is 38.5 Å². The lowest BCUT2D eigenvalue weighted by atomic mass is 10.1. The number of hydrogen-bond donors (Lipinski definition) is 1. The fraction of sp³-hybridized carbons (Fsp3) is 0.933. The minimum atomic E-state index is -4.31. The molecule has 0 aromatic rings. The molecule has 21 heavy (non-hydrogen) atoms. The summed E-state index contributed by atoms with van der Waals surface area (Å²) in [4.78, 5) is 10.8. The highest BCUT2D eigenvalue weighted by molar-refractivity contribution is 7.86. The van der Waals surface area contributed by atoms with Gasteiger partial charge in [0.2, 0.25) is 5.44 Å². The number of ether oxygens (including phenoxy) is 1. The van der Waals surface area contributed by atoms with Crippen LogP contribution in [0.4, 0.5) is 0 Å². The van der Waals surface area contributed by atoms with Crippen LogP contribution >= 0.6 is 0 Å². The van der Waals surface area contributed by atoms with E-state index in [1.807, 2.05) is 0 Å². The molecule has 0 aliphatic heterocycles. The number of unbranched alkanes of at least 4 members (excludes halogenated alkanes) is 9. The van der Waals surface area contributed by atoms with Crippen LogP contribution in [0.15, 0.2) is 0 Å². The van der Waals surface area contributed by atoms with Gasteiger partial charge in [-0.25, -0.2) is 0 Å². The largest absolute Gasteiger partial charge is 0.444 e. The Bertz CT molecular complexity index is 364. The molecule has 0 saturated carbocycles. The lowest BCUT2D eigenvalue weighted by Crippen LogP contribution is -2.25. The van der Waals surface area contributed by atoms with Crippen LogP contribution in [0.25, 0.3) is 0 Å². The molecule has 0 aromatic heterocycles. The first kappa shape index (κ1) is 20.4. The minimum Gasteiger partial charge on any atom is -0.444 e. The molecule has 0 bridgehead atoms. The van der Waals surface area contributed by atoms with E-state index in [-0.39, 0.29) is 6.42 Å². The van der Waals surface area contributed by atoms with Crippen LogP contribution in [-0.2, 0) is 19.6 Å². The van der Waals surface area contributed by atoms with E-state index in [0.717, 1.165) is 26.2 Å². The smallest absolute Gasteiger partial charge is 0.304 e. The van der Waals surface area contributed by atoms with E-state index in [0.29, 0.717) is 6.42 Å². The van der Waals surface area contributed by atoms with E-state index in [2.05, 4.69) is 11.7 Å². The molecule has 0 aliphatic carbocycles. The maximum absolute atomic E-state index is 11.0. The van der Waals surface area contributed by atoms with Gasteiger partial charge in [-0.3, -0.25) is 9.35 Å². The summed E-state index contributed by atoms with van der Waals surface area (Å²) in [5.41, 5.74) is -1.41. The normalized spacial score (nSPS) is 13.1. The van der Waals surface area contributed by atoms with Gasteiger partial charge in [-0.1, -0.05) is 64.7 Å². The van der Waals surface area contributed by atoms with Gasteiger partial charge in [0.25, 0.3) is 0 Å². The average Bonchev–Trinajstić information content (AvgIpc) is 2.38. The summed E-state index contributed by atoms with van der Waals surface area (Å²) >= 11 is 0. The molecule has 126 valence electrons. The topological polar surface area (TPSA) is 80.7 Å². The molecule has 1 unspecified atom stereocenters. The van der Waals surface area contributed by atoms with Gasteiger partial charge < -0.3 is 4.74 Å². The van der Waals surface area contributed by atoms with Crippen LogP contribution in [0.1, 0.15) is 84.5 Å². The number of hydrogen-bond acceptors (Lipinski definition) is 4. The molecular weight excluding hydrogens is 292 g/mol. The predicted octanol–water partition coefficient (Wildman–Crippen LogP) is 4.07. The second-order valence-electron chi connectivity index (χ2n) is 5.52. The SMILES string of the molecule is CCCCCCCCCCCCC(OC(C)=O)S(=O)(=O)O. The maximum Gasteiger partial charge on any atom is 0.304 e. The van der Waals surface area contributed by atoms with Crippen molar-refractivity contribution in [2.75, 3.05) is 0 Å². The third kappa shape index (κ3) is 12.8. The zero-order valence-electron chi connectivity index (χ0n) is 13.3. The number of esters is 1. The molecule has 0 saturated heterocycles. The second kappa shape index (κ2) is 12.0. The zero-order valence-corrected chi connectivity index (χ0v) is 14.2. The highest BCUT2D eigenvalue weighted by atomic mass is 32.2. The van der Waals surface area contributed by atoms with Crippen LogP contribution in [0.2, 0.25) is 0 Å². The molecular formula is C15H30O5S. The zero-order chi connectivity index (χ0) is 16.1. The van der Waals surface area contributed by atoms with Crippen molar-refractivity contribution in [2.45, 2.75) is 89.9 Å². The van der Waals surface area contributed by atoms with Crippen molar-refractivity contribution in [3.05, 3.63) is 0 Å². The third-order valence-electron chi connectivity index (χ3n) is 3.42. The summed E-state index contributed by atoms with van der Waals surface area (Å²) in [6.07, 6.45) is 11.5. The summed E-state index contributed by atoms with van der Waals surface area (Å²) < 4.78 is 35.7. The molecule has 0 aliphatic rings. The molecule has 0 aromatic carbocycles. The van der Waals surface area contributed by atoms with Crippen LogP contribution < -0.4 is 0 Å². The van der Waals surface area contributed by atoms with Gasteiger partial charge in [-0.05, 0) is 6.42 Å². The number of carbonyl (C=O) groups is 1. The second-order valence-corrected chi connectivity index (χ2v) is 7.08. The Kier molecular flexibility index (Phi) is 11.6. The van der Waals surface area contributed by atoms with E-state index in [1.54, 1.807) is 0 Å². The summed E-state index contributed by atoms with van der Waals surface area (Å²) in [6.45, 7) is 3.34. The first-order valence-electron chi connectivity index (χ1n) is 8.01. The lowest BCUT2D eigenvalue weighted by Gasteiger charge is -2.13. The Morgan fingerprint density at radius 3 is 1.76 bits per heavy atom. The Labute approximate surface area is 129 Å². The van der Waals surface area contributed by atoms with E-state index in [4.69, 9.17) is 4.55 Å². The highest BCUT2D eigenvalue weighted by Crippen LogP contribution is 2.15. The van der Waals surface area contributed by atoms with Crippen LogP contribution in [0.5, 0.6) is 0 Å². The summed E-state index contributed by atoms with van der Waals surface area (Å²) in [7, 11) is -4.31. The van der Waals surface area contributed by atoms with Gasteiger partial charge >= 0.3 is 16.1 Å². The van der Waals surface area contributed by atoms with Crippen molar-refractivity contribution in [1.82, 2.24) is 0 Å². The highest BCUT2D eigenvalue weighted by Gasteiger charge is 2.25. The van der Waals surface area contributed by atoms with Gasteiger partial charge in [-0.2, -0.15) is 8.42 Å². The first-order valence-corrected chi connectivity index (χ1v) is 9.51. The van der Waals surface area contributed by atoms with Crippen molar-refractivity contribution < 1.29 is 22.5 Å². The van der Waals surface area contributed by atoms with Crippen LogP contribution in [-0.4, -0.2) is 24.4 Å². The van der Waals surface area contributed by atoms with E-state index >= 15 is 0 Å². The van der Waals surface area contributed by atoms with Gasteiger partial charge in [-0.15, -0.1) is 0 Å². The first-order chi connectivity index (χ1) is 9.88. The summed E-state index contributed by atoms with van der Waals surface area (Å²) in [5, 5.41) is 0. The minimum absolute atomic E-state index is 0.162. The molecule has 6 heteroatoms. The number of rotatable bonds is 13. The molecule has 0 rings (SSSR count). The van der Waals surface area contributed by atoms with Crippen LogP contribution in [0.3, 0.4) is 0 Å². The average molecular weight is 322 g/mol. The quantitative estimate of drug-likeness (QED) is 0.314. The molecule has 5 nitrogen and oxygen atoms in total. The molecule has 0 amide bonds. The molecule has 1 atom stereocenters. The Balaban J connectivity index is 3.61. The number of carbonyl (C=O) groups excluding carboxylic acids is 1. The van der Waals surface area contributed by atoms with Crippen molar-refractivity contribution in [2.24, 2.45) is 0 Å².